The van der Waals surface area contributed by atoms with Gasteiger partial charge in [0.1, 0.15) is 0 Å². The monoisotopic (exact) mass is 301 g/mol. The third kappa shape index (κ3) is 2.50. The van der Waals surface area contributed by atoms with Crippen molar-refractivity contribution in [2.45, 2.75) is 19.8 Å². The highest BCUT2D eigenvalue weighted by Gasteiger charge is 2.30. The van der Waals surface area contributed by atoms with E-state index < -0.39 is 11.9 Å². The van der Waals surface area contributed by atoms with Crippen molar-refractivity contribution in [2.24, 2.45) is 0 Å². The summed E-state index contributed by atoms with van der Waals surface area (Å²) in [5.41, 5.74) is 8.73. The van der Waals surface area contributed by atoms with Crippen molar-refractivity contribution in [3.8, 4) is 11.1 Å². The Morgan fingerprint density at radius 2 is 1.55 bits per heavy atom. The molecule has 0 heterocycles. The number of methoxy groups -OCH3 is 2. The summed E-state index contributed by atoms with van der Waals surface area (Å²) < 4.78 is 9.60. The van der Waals surface area contributed by atoms with Crippen LogP contribution in [0.25, 0.3) is 11.1 Å². The molecule has 5 heteroatoms. The molecule has 0 aliphatic heterocycles. The first-order valence-corrected chi connectivity index (χ1v) is 6.94. The zero-order valence-corrected chi connectivity index (χ0v) is 13.1. The van der Waals surface area contributed by atoms with E-state index in [-0.39, 0.29) is 22.7 Å². The standard InChI is InChI=1S/C17H19NO4/c1-9(2)10-6-5-7-11-12(8-10)14(17(20)22-4)15(18)13(11)16(19)21-3/h5-9H,18H2,1-4H3. The van der Waals surface area contributed by atoms with Crippen LogP contribution in [0.4, 0.5) is 5.69 Å². The summed E-state index contributed by atoms with van der Waals surface area (Å²) in [5.74, 6) is -0.882. The molecule has 0 aromatic carbocycles. The van der Waals surface area contributed by atoms with Gasteiger partial charge in [0.25, 0.3) is 0 Å². The Balaban J connectivity index is 2.85. The van der Waals surface area contributed by atoms with Gasteiger partial charge in [-0.1, -0.05) is 32.0 Å². The third-order valence-corrected chi connectivity index (χ3v) is 3.68. The van der Waals surface area contributed by atoms with Crippen molar-refractivity contribution in [3.05, 3.63) is 41.0 Å². The predicted molar refractivity (Wildman–Crippen MR) is 84.2 cm³/mol. The first-order valence-electron chi connectivity index (χ1n) is 6.94. The normalized spacial score (nSPS) is 10.8. The van der Waals surface area contributed by atoms with Crippen LogP contribution in [0.2, 0.25) is 0 Å². The van der Waals surface area contributed by atoms with E-state index in [1.807, 2.05) is 32.0 Å². The predicted octanol–water partition coefficient (Wildman–Crippen LogP) is 3.07. The Morgan fingerprint density at radius 1 is 1.00 bits per heavy atom. The van der Waals surface area contributed by atoms with Crippen molar-refractivity contribution in [3.63, 3.8) is 0 Å². The molecule has 116 valence electrons. The van der Waals surface area contributed by atoms with Crippen molar-refractivity contribution in [1.82, 2.24) is 0 Å². The lowest BCUT2D eigenvalue weighted by Crippen LogP contribution is -2.07. The van der Waals surface area contributed by atoms with Gasteiger partial charge in [0.05, 0.1) is 31.0 Å². The van der Waals surface area contributed by atoms with Crippen LogP contribution in [0.3, 0.4) is 0 Å². The van der Waals surface area contributed by atoms with E-state index in [0.717, 1.165) is 5.56 Å². The molecule has 0 fully saturated rings. The zero-order valence-electron chi connectivity index (χ0n) is 13.1. The lowest BCUT2D eigenvalue weighted by molar-refractivity contribution is 0.0600. The number of fused-ring (bicyclic) bond motifs is 1. The second-order valence-corrected chi connectivity index (χ2v) is 5.30. The molecule has 2 rings (SSSR count). The molecule has 0 spiro atoms. The second kappa shape index (κ2) is 6.05. The van der Waals surface area contributed by atoms with Crippen molar-refractivity contribution in [2.75, 3.05) is 20.0 Å². The average Bonchev–Trinajstić information content (AvgIpc) is 2.64. The molecule has 22 heavy (non-hydrogen) atoms. The molecule has 2 aliphatic carbocycles. The van der Waals surface area contributed by atoms with E-state index in [9.17, 15) is 9.59 Å². The largest absolute Gasteiger partial charge is 0.465 e. The Bertz CT molecular complexity index is 706. The van der Waals surface area contributed by atoms with Crippen LogP contribution in [-0.2, 0) is 9.47 Å². The molecule has 0 saturated heterocycles. The second-order valence-electron chi connectivity index (χ2n) is 5.30. The number of nitrogen functional groups attached to an aromatic ring is 1. The van der Waals surface area contributed by atoms with Gasteiger partial charge in [0.2, 0.25) is 0 Å². The number of ether oxygens (including phenoxy) is 2. The fourth-order valence-electron chi connectivity index (χ4n) is 2.48. The lowest BCUT2D eigenvalue weighted by atomic mass is 10.0. The average molecular weight is 301 g/mol. The smallest absolute Gasteiger partial charge is 0.340 e. The van der Waals surface area contributed by atoms with Crippen LogP contribution in [0, 0.1) is 0 Å². The van der Waals surface area contributed by atoms with Gasteiger partial charge in [-0.2, -0.15) is 0 Å². The number of nitrogens with two attached hydrogens (primary N) is 1. The minimum absolute atomic E-state index is 0.0922. The van der Waals surface area contributed by atoms with Crippen molar-refractivity contribution in [1.29, 1.82) is 0 Å². The van der Waals surface area contributed by atoms with Gasteiger partial charge < -0.3 is 15.2 Å². The number of carbonyl (C=O) groups excluding carboxylic acids is 2. The molecule has 0 unspecified atom stereocenters. The Labute approximate surface area is 129 Å². The highest BCUT2D eigenvalue weighted by atomic mass is 16.5. The quantitative estimate of drug-likeness (QED) is 0.881. The molecule has 0 bridgehead atoms. The van der Waals surface area contributed by atoms with Crippen LogP contribution < -0.4 is 5.73 Å². The summed E-state index contributed by atoms with van der Waals surface area (Å²) in [4.78, 5) is 24.1. The molecular weight excluding hydrogens is 282 g/mol. The molecule has 0 aromatic heterocycles. The van der Waals surface area contributed by atoms with Gasteiger partial charge in [-0.3, -0.25) is 0 Å². The van der Waals surface area contributed by atoms with Crippen LogP contribution >= 0.6 is 0 Å². The Morgan fingerprint density at radius 3 is 2.05 bits per heavy atom. The van der Waals surface area contributed by atoms with Crippen LogP contribution in [0.5, 0.6) is 0 Å². The topological polar surface area (TPSA) is 78.6 Å². The number of hydrogen-bond acceptors (Lipinski definition) is 5. The molecule has 0 saturated carbocycles. The van der Waals surface area contributed by atoms with E-state index in [0.29, 0.717) is 11.1 Å². The maximum Gasteiger partial charge on any atom is 0.340 e. The van der Waals surface area contributed by atoms with Crippen LogP contribution in [0.15, 0.2) is 24.3 Å². The van der Waals surface area contributed by atoms with Crippen LogP contribution in [-0.4, -0.2) is 26.2 Å². The number of hydrogen-bond donors (Lipinski definition) is 1. The number of esters is 2. The minimum Gasteiger partial charge on any atom is -0.465 e. The number of carbonyl (C=O) groups is 2. The van der Waals surface area contributed by atoms with Gasteiger partial charge in [0.15, 0.2) is 0 Å². The molecule has 0 aromatic rings. The fourth-order valence-corrected chi connectivity index (χ4v) is 2.48. The minimum atomic E-state index is -0.574. The maximum absolute atomic E-state index is 12.1. The molecule has 0 amide bonds. The summed E-state index contributed by atoms with van der Waals surface area (Å²) in [6.07, 6.45) is 0. The highest BCUT2D eigenvalue weighted by Crippen LogP contribution is 2.40. The Kier molecular flexibility index (Phi) is 4.35. The first kappa shape index (κ1) is 15.8. The molecule has 0 radical (unpaired) electrons. The lowest BCUT2D eigenvalue weighted by Gasteiger charge is -2.04. The van der Waals surface area contributed by atoms with Crippen molar-refractivity contribution >= 4 is 17.6 Å². The summed E-state index contributed by atoms with van der Waals surface area (Å²) >= 11 is 0. The van der Waals surface area contributed by atoms with E-state index in [2.05, 4.69) is 0 Å². The molecule has 2 N–H and O–H groups in total. The summed E-state index contributed by atoms with van der Waals surface area (Å²) in [6.45, 7) is 4.10. The summed E-state index contributed by atoms with van der Waals surface area (Å²) in [6, 6.07) is 7.42. The van der Waals surface area contributed by atoms with Gasteiger partial charge in [-0.05, 0) is 28.7 Å². The molecular formula is C17H19NO4. The first-order chi connectivity index (χ1) is 10.4. The molecule has 0 atom stereocenters. The zero-order chi connectivity index (χ0) is 16.4. The maximum atomic E-state index is 12.1. The molecule has 2 aliphatic rings. The van der Waals surface area contributed by atoms with E-state index >= 15 is 0 Å². The van der Waals surface area contributed by atoms with Gasteiger partial charge >= 0.3 is 11.9 Å². The number of rotatable bonds is 3. The summed E-state index contributed by atoms with van der Waals surface area (Å²) in [5, 5.41) is 0. The van der Waals surface area contributed by atoms with Gasteiger partial charge in [-0.25, -0.2) is 9.59 Å². The SMILES string of the molecule is COC(=O)c1c2cccc(C(C)C)cc-2c(C(=O)OC)c1N. The fraction of sp³-hybridized carbons (Fsp3) is 0.294. The van der Waals surface area contributed by atoms with Gasteiger partial charge in [-0.15, -0.1) is 0 Å². The van der Waals surface area contributed by atoms with E-state index in [1.54, 1.807) is 6.07 Å². The van der Waals surface area contributed by atoms with Crippen molar-refractivity contribution < 1.29 is 19.1 Å². The highest BCUT2D eigenvalue weighted by molar-refractivity contribution is 6.15. The van der Waals surface area contributed by atoms with Crippen LogP contribution in [0.1, 0.15) is 46.0 Å². The Hall–Kier alpha value is -2.56. The third-order valence-electron chi connectivity index (χ3n) is 3.68. The van der Waals surface area contributed by atoms with E-state index in [1.165, 1.54) is 14.2 Å². The molecule has 5 nitrogen and oxygen atoms in total. The summed E-state index contributed by atoms with van der Waals surface area (Å²) in [7, 11) is 2.56. The number of anilines is 1. The van der Waals surface area contributed by atoms with E-state index in [4.69, 9.17) is 15.2 Å². The van der Waals surface area contributed by atoms with Gasteiger partial charge in [0, 0.05) is 0 Å².